The van der Waals surface area contributed by atoms with Crippen LogP contribution in [0.25, 0.3) is 6.08 Å². The number of amides is 1. The van der Waals surface area contributed by atoms with Crippen molar-refractivity contribution in [1.82, 2.24) is 10.2 Å². The van der Waals surface area contributed by atoms with Gasteiger partial charge in [0.2, 0.25) is 5.91 Å². The molecule has 110 valence electrons. The number of nitrogens with one attached hydrogen (secondary N) is 1. The molecule has 0 radical (unpaired) electrons. The molecular formula is C14H20N2O3S. The predicted octanol–water partition coefficient (Wildman–Crippen LogP) is 1.66. The summed E-state index contributed by atoms with van der Waals surface area (Å²) < 4.78 is 0. The van der Waals surface area contributed by atoms with Crippen LogP contribution in [0.2, 0.25) is 0 Å². The second kappa shape index (κ2) is 7.81. The average molecular weight is 296 g/mol. The van der Waals surface area contributed by atoms with Gasteiger partial charge in [0.05, 0.1) is 0 Å². The molecule has 0 aliphatic rings. The van der Waals surface area contributed by atoms with Crippen molar-refractivity contribution in [2.24, 2.45) is 5.92 Å². The zero-order valence-corrected chi connectivity index (χ0v) is 12.7. The molecule has 0 fully saturated rings. The number of hydrogen-bond acceptors (Lipinski definition) is 4. The van der Waals surface area contributed by atoms with E-state index in [9.17, 15) is 9.59 Å². The van der Waals surface area contributed by atoms with Crippen LogP contribution in [0.5, 0.6) is 0 Å². The lowest BCUT2D eigenvalue weighted by atomic mass is 10.1. The van der Waals surface area contributed by atoms with E-state index >= 15 is 0 Å². The van der Waals surface area contributed by atoms with E-state index in [1.54, 1.807) is 24.5 Å². The minimum Gasteiger partial charge on any atom is -0.478 e. The van der Waals surface area contributed by atoms with Crippen LogP contribution in [-0.4, -0.2) is 42.5 Å². The van der Waals surface area contributed by atoms with Gasteiger partial charge in [0.1, 0.15) is 0 Å². The van der Waals surface area contributed by atoms with Gasteiger partial charge in [0.15, 0.2) is 0 Å². The highest BCUT2D eigenvalue weighted by molar-refractivity contribution is 7.10. The van der Waals surface area contributed by atoms with Crippen molar-refractivity contribution in [3.05, 3.63) is 28.0 Å². The van der Waals surface area contributed by atoms with Gasteiger partial charge in [-0.25, -0.2) is 4.79 Å². The number of carbonyl (C=O) groups excluding carboxylic acids is 1. The lowest BCUT2D eigenvalue weighted by Gasteiger charge is -2.20. The molecule has 0 bridgehead atoms. The number of rotatable bonds is 7. The third-order valence-corrected chi connectivity index (χ3v) is 3.80. The standard InChI is InChI=1S/C14H20N2O3S/c1-10(14(19)15-2)8-16(3)9-12-11(6-7-20-12)4-5-13(17)18/h4-7,10H,8-9H2,1-3H3,(H,15,19)(H,17,18)/b5-4+. The monoisotopic (exact) mass is 296 g/mol. The Hall–Kier alpha value is -1.66. The van der Waals surface area contributed by atoms with Crippen molar-refractivity contribution in [1.29, 1.82) is 0 Å². The second-order valence-corrected chi connectivity index (χ2v) is 5.68. The second-order valence-electron chi connectivity index (χ2n) is 4.68. The number of carboxylic acids is 1. The van der Waals surface area contributed by atoms with Crippen molar-refractivity contribution >= 4 is 29.3 Å². The molecule has 1 rings (SSSR count). The first-order valence-corrected chi connectivity index (χ1v) is 7.19. The van der Waals surface area contributed by atoms with Gasteiger partial charge < -0.3 is 15.3 Å². The van der Waals surface area contributed by atoms with Gasteiger partial charge in [0.25, 0.3) is 0 Å². The van der Waals surface area contributed by atoms with Crippen molar-refractivity contribution in [3.63, 3.8) is 0 Å². The Morgan fingerprint density at radius 3 is 2.85 bits per heavy atom. The van der Waals surface area contributed by atoms with Crippen molar-refractivity contribution in [2.45, 2.75) is 13.5 Å². The van der Waals surface area contributed by atoms with E-state index in [1.807, 2.05) is 25.4 Å². The van der Waals surface area contributed by atoms with E-state index in [0.29, 0.717) is 13.1 Å². The number of carbonyl (C=O) groups is 2. The number of hydrogen-bond donors (Lipinski definition) is 2. The van der Waals surface area contributed by atoms with Crippen LogP contribution in [0.1, 0.15) is 17.4 Å². The molecule has 1 aromatic rings. The predicted molar refractivity (Wildman–Crippen MR) is 80.6 cm³/mol. The maximum Gasteiger partial charge on any atom is 0.328 e. The first kappa shape index (κ1) is 16.4. The molecule has 6 heteroatoms. The molecule has 0 aliphatic carbocycles. The zero-order valence-electron chi connectivity index (χ0n) is 11.9. The first-order valence-electron chi connectivity index (χ1n) is 6.31. The number of nitrogens with zero attached hydrogens (tertiary/aromatic N) is 1. The van der Waals surface area contributed by atoms with Gasteiger partial charge in [-0.2, -0.15) is 0 Å². The topological polar surface area (TPSA) is 69.6 Å². The van der Waals surface area contributed by atoms with Gasteiger partial charge >= 0.3 is 5.97 Å². The van der Waals surface area contributed by atoms with Crippen molar-refractivity contribution < 1.29 is 14.7 Å². The fourth-order valence-corrected chi connectivity index (χ4v) is 2.84. The molecule has 2 N–H and O–H groups in total. The van der Waals surface area contributed by atoms with Gasteiger partial charge in [-0.1, -0.05) is 6.92 Å². The molecule has 0 saturated carbocycles. The molecule has 0 saturated heterocycles. The minimum atomic E-state index is -0.955. The Kier molecular flexibility index (Phi) is 6.41. The van der Waals surface area contributed by atoms with Crippen LogP contribution < -0.4 is 5.32 Å². The Bertz CT molecular complexity index is 496. The molecule has 1 amide bonds. The number of aliphatic carboxylic acids is 1. The summed E-state index contributed by atoms with van der Waals surface area (Å²) >= 11 is 1.58. The van der Waals surface area contributed by atoms with Crippen LogP contribution in [0.4, 0.5) is 0 Å². The van der Waals surface area contributed by atoms with Crippen LogP contribution in [0.15, 0.2) is 17.5 Å². The number of thiophene rings is 1. The Morgan fingerprint density at radius 1 is 1.55 bits per heavy atom. The van der Waals surface area contributed by atoms with Crippen LogP contribution in [0, 0.1) is 5.92 Å². The molecule has 5 nitrogen and oxygen atoms in total. The summed E-state index contributed by atoms with van der Waals surface area (Å²) in [6.45, 7) is 3.23. The largest absolute Gasteiger partial charge is 0.478 e. The lowest BCUT2D eigenvalue weighted by Crippen LogP contribution is -2.34. The molecule has 0 aromatic carbocycles. The van der Waals surface area contributed by atoms with Crippen LogP contribution >= 0.6 is 11.3 Å². The first-order chi connectivity index (χ1) is 9.43. The summed E-state index contributed by atoms with van der Waals surface area (Å²) in [6, 6.07) is 1.90. The van der Waals surface area contributed by atoms with E-state index in [1.165, 1.54) is 0 Å². The molecule has 1 aromatic heterocycles. The van der Waals surface area contributed by atoms with Crippen LogP contribution in [-0.2, 0) is 16.1 Å². The quantitative estimate of drug-likeness (QED) is 0.751. The van der Waals surface area contributed by atoms with E-state index in [0.717, 1.165) is 16.5 Å². The summed E-state index contributed by atoms with van der Waals surface area (Å²) in [5.74, 6) is -1.01. The molecule has 0 aliphatic heterocycles. The van der Waals surface area contributed by atoms with E-state index in [-0.39, 0.29) is 11.8 Å². The highest BCUT2D eigenvalue weighted by Crippen LogP contribution is 2.20. The summed E-state index contributed by atoms with van der Waals surface area (Å²) in [5, 5.41) is 13.2. The summed E-state index contributed by atoms with van der Waals surface area (Å²) in [6.07, 6.45) is 2.74. The maximum absolute atomic E-state index is 11.5. The van der Waals surface area contributed by atoms with E-state index < -0.39 is 5.97 Å². The third-order valence-electron chi connectivity index (χ3n) is 2.88. The molecule has 1 unspecified atom stereocenters. The summed E-state index contributed by atoms with van der Waals surface area (Å²) in [5.41, 5.74) is 0.914. The molecule has 1 heterocycles. The zero-order chi connectivity index (χ0) is 15.1. The van der Waals surface area contributed by atoms with Gasteiger partial charge in [-0.05, 0) is 30.1 Å². The average Bonchev–Trinajstić information content (AvgIpc) is 2.82. The third kappa shape index (κ3) is 5.14. The molecule has 20 heavy (non-hydrogen) atoms. The molecular weight excluding hydrogens is 276 g/mol. The highest BCUT2D eigenvalue weighted by atomic mass is 32.1. The fraction of sp³-hybridized carbons (Fsp3) is 0.429. The number of carboxylic acid groups (broad SMARTS) is 1. The molecule has 1 atom stereocenters. The Balaban J connectivity index is 2.62. The maximum atomic E-state index is 11.5. The van der Waals surface area contributed by atoms with Gasteiger partial charge in [-0.3, -0.25) is 4.79 Å². The van der Waals surface area contributed by atoms with E-state index in [4.69, 9.17) is 5.11 Å². The van der Waals surface area contributed by atoms with Crippen molar-refractivity contribution in [2.75, 3.05) is 20.6 Å². The summed E-state index contributed by atoms with van der Waals surface area (Å²) in [4.78, 5) is 25.2. The lowest BCUT2D eigenvalue weighted by molar-refractivity contribution is -0.131. The summed E-state index contributed by atoms with van der Waals surface area (Å²) in [7, 11) is 3.58. The SMILES string of the molecule is CNC(=O)C(C)CN(C)Cc1sccc1/C=C/C(=O)O. The Morgan fingerprint density at radius 2 is 2.25 bits per heavy atom. The fourth-order valence-electron chi connectivity index (χ4n) is 1.90. The highest BCUT2D eigenvalue weighted by Gasteiger charge is 2.14. The van der Waals surface area contributed by atoms with Gasteiger partial charge in [-0.15, -0.1) is 11.3 Å². The van der Waals surface area contributed by atoms with E-state index in [2.05, 4.69) is 10.2 Å². The van der Waals surface area contributed by atoms with Gasteiger partial charge in [0, 0.05) is 37.0 Å². The van der Waals surface area contributed by atoms with Crippen molar-refractivity contribution in [3.8, 4) is 0 Å². The molecule has 0 spiro atoms. The minimum absolute atomic E-state index is 0.0222. The smallest absolute Gasteiger partial charge is 0.328 e. The van der Waals surface area contributed by atoms with Crippen LogP contribution in [0.3, 0.4) is 0 Å². The Labute approximate surface area is 122 Å². The normalized spacial score (nSPS) is 12.8.